The molecule has 0 aromatic carbocycles. The van der Waals surface area contributed by atoms with Crippen LogP contribution in [0, 0.1) is 0 Å². The van der Waals surface area contributed by atoms with Crippen molar-refractivity contribution in [1.29, 1.82) is 0 Å². The average molecular weight is 303 g/mol. The van der Waals surface area contributed by atoms with E-state index in [1.807, 2.05) is 0 Å². The third-order valence-corrected chi connectivity index (χ3v) is 4.61. The van der Waals surface area contributed by atoms with Gasteiger partial charge in [-0.05, 0) is 6.07 Å². The van der Waals surface area contributed by atoms with Crippen LogP contribution in [-0.4, -0.2) is 54.9 Å². The van der Waals surface area contributed by atoms with E-state index in [1.165, 1.54) is 30.9 Å². The van der Waals surface area contributed by atoms with Gasteiger partial charge >= 0.3 is 5.97 Å². The number of nitrogens with one attached hydrogen (secondary N) is 1. The highest BCUT2D eigenvalue weighted by atomic mass is 32.2. The van der Waals surface area contributed by atoms with Crippen LogP contribution in [0.4, 0.5) is 0 Å². The highest BCUT2D eigenvalue weighted by molar-refractivity contribution is 7.89. The normalized spacial score (nSPS) is 11.6. The number of hydrogen-bond donors (Lipinski definition) is 2. The summed E-state index contributed by atoms with van der Waals surface area (Å²) in [4.78, 5) is 22.0. The van der Waals surface area contributed by atoms with Gasteiger partial charge in [-0.3, -0.25) is 9.59 Å². The fourth-order valence-corrected chi connectivity index (χ4v) is 2.83. The molecule has 0 atom stereocenters. The van der Waals surface area contributed by atoms with E-state index in [4.69, 9.17) is 5.11 Å². The van der Waals surface area contributed by atoms with Gasteiger partial charge in [0.1, 0.15) is 10.6 Å². The Hall–Kier alpha value is -1.87. The number of carboxylic acid groups (broad SMARTS) is 1. The number of aliphatic carboxylic acids is 1. The first kappa shape index (κ1) is 16.2. The molecule has 9 heteroatoms. The number of aromatic nitrogens is 1. The van der Waals surface area contributed by atoms with Crippen LogP contribution in [0.1, 0.15) is 16.9 Å². The van der Waals surface area contributed by atoms with Crippen molar-refractivity contribution in [3.63, 3.8) is 0 Å². The Labute approximate surface area is 117 Å². The Morgan fingerprint density at radius 3 is 2.55 bits per heavy atom. The van der Waals surface area contributed by atoms with Gasteiger partial charge in [0, 0.05) is 33.9 Å². The molecule has 1 aromatic rings. The predicted molar refractivity (Wildman–Crippen MR) is 70.9 cm³/mol. The van der Waals surface area contributed by atoms with Gasteiger partial charge in [0.2, 0.25) is 10.0 Å². The minimum Gasteiger partial charge on any atom is -0.481 e. The molecule has 0 unspecified atom stereocenters. The van der Waals surface area contributed by atoms with Crippen LogP contribution in [0.2, 0.25) is 0 Å². The minimum atomic E-state index is -3.81. The van der Waals surface area contributed by atoms with Crippen LogP contribution < -0.4 is 5.32 Å². The monoisotopic (exact) mass is 303 g/mol. The fraction of sp³-hybridized carbons (Fsp3) is 0.455. The third-order valence-electron chi connectivity index (χ3n) is 2.79. The average Bonchev–Trinajstić information content (AvgIpc) is 2.77. The smallest absolute Gasteiger partial charge is 0.304 e. The lowest BCUT2D eigenvalue weighted by atomic mass is 10.4. The van der Waals surface area contributed by atoms with Crippen molar-refractivity contribution < 1.29 is 23.1 Å². The molecule has 0 bridgehead atoms. The summed E-state index contributed by atoms with van der Waals surface area (Å²) >= 11 is 0. The van der Waals surface area contributed by atoms with Gasteiger partial charge < -0.3 is 15.0 Å². The highest BCUT2D eigenvalue weighted by Crippen LogP contribution is 2.17. The van der Waals surface area contributed by atoms with E-state index < -0.39 is 21.9 Å². The number of hydrogen-bond acceptors (Lipinski definition) is 4. The summed E-state index contributed by atoms with van der Waals surface area (Å²) in [6.07, 6.45) is 1.03. The number of amides is 1. The zero-order valence-electron chi connectivity index (χ0n) is 11.5. The van der Waals surface area contributed by atoms with Crippen LogP contribution in [0.25, 0.3) is 0 Å². The predicted octanol–water partition coefficient (Wildman–Crippen LogP) is -0.520. The van der Waals surface area contributed by atoms with Gasteiger partial charge in [-0.25, -0.2) is 12.7 Å². The van der Waals surface area contributed by atoms with E-state index in [2.05, 4.69) is 5.32 Å². The molecule has 0 fully saturated rings. The molecule has 2 N–H and O–H groups in total. The van der Waals surface area contributed by atoms with Gasteiger partial charge in [-0.1, -0.05) is 0 Å². The van der Waals surface area contributed by atoms with Gasteiger partial charge in [0.05, 0.1) is 6.42 Å². The zero-order valence-corrected chi connectivity index (χ0v) is 12.3. The molecule has 0 saturated heterocycles. The van der Waals surface area contributed by atoms with E-state index in [0.29, 0.717) is 0 Å². The lowest BCUT2D eigenvalue weighted by molar-refractivity contribution is -0.137. The number of aryl methyl sites for hydroxylation is 1. The molecule has 1 amide bonds. The molecular formula is C11H17N3O5S. The van der Waals surface area contributed by atoms with E-state index in [0.717, 1.165) is 4.31 Å². The maximum absolute atomic E-state index is 12.2. The minimum absolute atomic E-state index is 0.0495. The standard InChI is InChI=1S/C11H17N3O5S/c1-12-11(17)9-6-8(7-13(9)2)20(18,19)14(3)5-4-10(15)16/h6-7H,4-5H2,1-3H3,(H,12,17)(H,15,16). The summed E-state index contributed by atoms with van der Waals surface area (Å²) in [7, 11) is 0.491. The lowest BCUT2D eigenvalue weighted by Gasteiger charge is -2.14. The molecule has 1 rings (SSSR count). The Balaban J connectivity index is 3.04. The molecule has 8 nitrogen and oxygen atoms in total. The number of carbonyl (C=O) groups excluding carboxylic acids is 1. The van der Waals surface area contributed by atoms with E-state index in [-0.39, 0.29) is 23.6 Å². The topological polar surface area (TPSA) is 109 Å². The zero-order chi connectivity index (χ0) is 15.5. The molecule has 0 aliphatic heterocycles. The molecule has 0 saturated carbocycles. The van der Waals surface area contributed by atoms with E-state index >= 15 is 0 Å². The van der Waals surface area contributed by atoms with E-state index in [9.17, 15) is 18.0 Å². The van der Waals surface area contributed by atoms with Gasteiger partial charge in [0.25, 0.3) is 5.91 Å². The Morgan fingerprint density at radius 1 is 1.45 bits per heavy atom. The summed E-state index contributed by atoms with van der Waals surface area (Å²) in [5.41, 5.74) is 0.206. The van der Waals surface area contributed by atoms with Gasteiger partial charge in [-0.2, -0.15) is 0 Å². The second kappa shape index (κ2) is 6.06. The fourth-order valence-electron chi connectivity index (χ4n) is 1.58. The second-order valence-electron chi connectivity index (χ2n) is 4.22. The maximum atomic E-state index is 12.2. The number of carbonyl (C=O) groups is 2. The third kappa shape index (κ3) is 3.36. The number of sulfonamides is 1. The van der Waals surface area contributed by atoms with E-state index in [1.54, 1.807) is 7.05 Å². The van der Waals surface area contributed by atoms with Crippen molar-refractivity contribution >= 4 is 21.9 Å². The summed E-state index contributed by atoms with van der Waals surface area (Å²) in [5.74, 6) is -1.48. The Morgan fingerprint density at radius 2 is 2.05 bits per heavy atom. The summed E-state index contributed by atoms with van der Waals surface area (Å²) < 4.78 is 26.8. The second-order valence-corrected chi connectivity index (χ2v) is 6.27. The lowest BCUT2D eigenvalue weighted by Crippen LogP contribution is -2.29. The van der Waals surface area contributed by atoms with Crippen LogP contribution in [-0.2, 0) is 21.9 Å². The SMILES string of the molecule is CNC(=O)c1cc(S(=O)(=O)N(C)CCC(=O)O)cn1C. The van der Waals surface area contributed by atoms with Crippen LogP contribution >= 0.6 is 0 Å². The van der Waals surface area contributed by atoms with Crippen molar-refractivity contribution in [2.24, 2.45) is 7.05 Å². The molecule has 0 aliphatic carbocycles. The van der Waals surface area contributed by atoms with Gasteiger partial charge in [-0.15, -0.1) is 0 Å². The first-order valence-electron chi connectivity index (χ1n) is 5.76. The molecule has 1 aromatic heterocycles. The molecule has 0 spiro atoms. The van der Waals surface area contributed by atoms with Crippen molar-refractivity contribution in [3.8, 4) is 0 Å². The molecule has 0 aliphatic rings. The first-order chi connectivity index (χ1) is 9.20. The first-order valence-corrected chi connectivity index (χ1v) is 7.20. The summed E-state index contributed by atoms with van der Waals surface area (Å²) in [6, 6.07) is 1.26. The van der Waals surface area contributed by atoms with Crippen LogP contribution in [0.3, 0.4) is 0 Å². The molecule has 20 heavy (non-hydrogen) atoms. The van der Waals surface area contributed by atoms with Crippen LogP contribution in [0.15, 0.2) is 17.2 Å². The van der Waals surface area contributed by atoms with Crippen LogP contribution in [0.5, 0.6) is 0 Å². The van der Waals surface area contributed by atoms with Crippen molar-refractivity contribution in [3.05, 3.63) is 18.0 Å². The number of nitrogens with zero attached hydrogens (tertiary/aromatic N) is 2. The Bertz CT molecular complexity index is 620. The van der Waals surface area contributed by atoms with Gasteiger partial charge in [0.15, 0.2) is 0 Å². The number of rotatable bonds is 6. The summed E-state index contributed by atoms with van der Waals surface area (Å²) in [5, 5.41) is 11.0. The Kier molecular flexibility index (Phi) is 4.90. The van der Waals surface area contributed by atoms with Crippen molar-refractivity contribution in [2.45, 2.75) is 11.3 Å². The maximum Gasteiger partial charge on any atom is 0.304 e. The summed E-state index contributed by atoms with van der Waals surface area (Å²) in [6.45, 7) is -0.137. The molecular weight excluding hydrogens is 286 g/mol. The largest absolute Gasteiger partial charge is 0.481 e. The number of carboxylic acids is 1. The van der Waals surface area contributed by atoms with Crippen molar-refractivity contribution in [1.82, 2.24) is 14.2 Å². The quantitative estimate of drug-likeness (QED) is 0.735. The molecule has 1 heterocycles. The molecule has 112 valence electrons. The van der Waals surface area contributed by atoms with Crippen molar-refractivity contribution in [2.75, 3.05) is 20.6 Å². The molecule has 0 radical (unpaired) electrons. The highest BCUT2D eigenvalue weighted by Gasteiger charge is 2.24.